The molecule has 0 N–H and O–H groups in total. The summed E-state index contributed by atoms with van der Waals surface area (Å²) in [6.45, 7) is 1.76. The molecule has 0 aliphatic carbocycles. The minimum atomic E-state index is -0.906. The molecule has 7 nitrogen and oxygen atoms in total. The number of benzene rings is 2. The SMILES string of the molecule is CCC(Oc1ccccc1F)C(=O)Oc1ccc(-n2cnnn2)cc1. The molecule has 8 heteroatoms. The van der Waals surface area contributed by atoms with Gasteiger partial charge in [-0.3, -0.25) is 0 Å². The summed E-state index contributed by atoms with van der Waals surface area (Å²) < 4.78 is 25.9. The van der Waals surface area contributed by atoms with Crippen LogP contribution in [0.5, 0.6) is 11.5 Å². The quantitative estimate of drug-likeness (QED) is 0.506. The number of carbonyl (C=O) groups is 1. The van der Waals surface area contributed by atoms with Gasteiger partial charge in [0.1, 0.15) is 12.1 Å². The van der Waals surface area contributed by atoms with Gasteiger partial charge in [-0.15, -0.1) is 5.10 Å². The Morgan fingerprint density at radius 2 is 1.96 bits per heavy atom. The maximum absolute atomic E-state index is 13.7. The lowest BCUT2D eigenvalue weighted by atomic mass is 10.2. The number of esters is 1. The van der Waals surface area contributed by atoms with Gasteiger partial charge in [0.2, 0.25) is 0 Å². The van der Waals surface area contributed by atoms with E-state index in [2.05, 4.69) is 15.5 Å². The van der Waals surface area contributed by atoms with Gasteiger partial charge in [-0.2, -0.15) is 0 Å². The topological polar surface area (TPSA) is 79.1 Å². The number of ether oxygens (including phenoxy) is 2. The van der Waals surface area contributed by atoms with E-state index >= 15 is 0 Å². The van der Waals surface area contributed by atoms with E-state index in [9.17, 15) is 9.18 Å². The van der Waals surface area contributed by atoms with Gasteiger partial charge in [-0.25, -0.2) is 13.9 Å². The molecular weight excluding hydrogens is 327 g/mol. The summed E-state index contributed by atoms with van der Waals surface area (Å²) >= 11 is 0. The van der Waals surface area contributed by atoms with E-state index in [1.54, 1.807) is 43.3 Å². The lowest BCUT2D eigenvalue weighted by molar-refractivity contribution is -0.142. The standard InChI is InChI=1S/C17H15FN4O3/c1-2-15(25-16-6-4-3-5-14(16)18)17(23)24-13-9-7-12(8-10-13)22-11-19-20-21-22/h3-11,15H,2H2,1H3. The summed E-state index contributed by atoms with van der Waals surface area (Å²) in [5.41, 5.74) is 0.722. The Hall–Kier alpha value is -3.29. The number of hydrogen-bond donors (Lipinski definition) is 0. The summed E-state index contributed by atoms with van der Waals surface area (Å²) in [5.74, 6) is -0.766. The molecule has 0 radical (unpaired) electrons. The second-order valence-electron chi connectivity index (χ2n) is 5.11. The predicted molar refractivity (Wildman–Crippen MR) is 85.9 cm³/mol. The molecule has 3 aromatic rings. The highest BCUT2D eigenvalue weighted by molar-refractivity contribution is 5.77. The number of nitrogens with zero attached hydrogens (tertiary/aromatic N) is 4. The Bertz CT molecular complexity index is 837. The predicted octanol–water partition coefficient (Wildman–Crippen LogP) is 2.56. The molecule has 0 aliphatic rings. The molecule has 0 amide bonds. The lowest BCUT2D eigenvalue weighted by Crippen LogP contribution is -2.31. The van der Waals surface area contributed by atoms with Crippen LogP contribution in [0.1, 0.15) is 13.3 Å². The van der Waals surface area contributed by atoms with Gasteiger partial charge in [0.25, 0.3) is 0 Å². The lowest BCUT2D eigenvalue weighted by Gasteiger charge is -2.16. The largest absolute Gasteiger partial charge is 0.476 e. The van der Waals surface area contributed by atoms with Crippen LogP contribution in [0.4, 0.5) is 4.39 Å². The van der Waals surface area contributed by atoms with Crippen molar-refractivity contribution in [3.05, 3.63) is 60.7 Å². The summed E-state index contributed by atoms with van der Waals surface area (Å²) in [4.78, 5) is 12.3. The van der Waals surface area contributed by atoms with Gasteiger partial charge < -0.3 is 9.47 Å². The Kier molecular flexibility index (Phi) is 4.98. The molecule has 0 aliphatic heterocycles. The van der Waals surface area contributed by atoms with Crippen LogP contribution in [-0.4, -0.2) is 32.3 Å². The number of tetrazole rings is 1. The molecule has 0 saturated carbocycles. The maximum atomic E-state index is 13.7. The van der Waals surface area contributed by atoms with Crippen molar-refractivity contribution in [1.82, 2.24) is 20.2 Å². The summed E-state index contributed by atoms with van der Waals surface area (Å²) in [6, 6.07) is 12.6. The Balaban J connectivity index is 1.66. The van der Waals surface area contributed by atoms with Crippen LogP contribution in [0.15, 0.2) is 54.9 Å². The minimum absolute atomic E-state index is 0.0142. The zero-order chi connectivity index (χ0) is 17.6. The van der Waals surface area contributed by atoms with Gasteiger partial charge in [0.15, 0.2) is 17.7 Å². The summed E-state index contributed by atoms with van der Waals surface area (Å²) in [5, 5.41) is 10.9. The van der Waals surface area contributed by atoms with Crippen molar-refractivity contribution in [3.63, 3.8) is 0 Å². The molecule has 1 heterocycles. The highest BCUT2D eigenvalue weighted by Crippen LogP contribution is 2.20. The van der Waals surface area contributed by atoms with Crippen LogP contribution in [0.2, 0.25) is 0 Å². The second kappa shape index (κ2) is 7.52. The molecule has 0 spiro atoms. The average molecular weight is 342 g/mol. The first-order valence-corrected chi connectivity index (χ1v) is 7.63. The number of halogens is 1. The van der Waals surface area contributed by atoms with Gasteiger partial charge in [0.05, 0.1) is 5.69 Å². The molecule has 1 atom stereocenters. The molecule has 0 fully saturated rings. The molecule has 25 heavy (non-hydrogen) atoms. The first kappa shape index (κ1) is 16.6. The zero-order valence-electron chi connectivity index (χ0n) is 13.4. The van der Waals surface area contributed by atoms with Crippen molar-refractivity contribution >= 4 is 5.97 Å². The maximum Gasteiger partial charge on any atom is 0.352 e. The third kappa shape index (κ3) is 3.97. The van der Waals surface area contributed by atoms with E-state index in [0.717, 1.165) is 5.69 Å². The molecule has 1 unspecified atom stereocenters. The highest BCUT2D eigenvalue weighted by atomic mass is 19.1. The Morgan fingerprint density at radius 3 is 2.60 bits per heavy atom. The smallest absolute Gasteiger partial charge is 0.352 e. The van der Waals surface area contributed by atoms with Crippen molar-refractivity contribution < 1.29 is 18.7 Å². The number of hydrogen-bond acceptors (Lipinski definition) is 6. The second-order valence-corrected chi connectivity index (χ2v) is 5.11. The van der Waals surface area contributed by atoms with Gasteiger partial charge >= 0.3 is 5.97 Å². The summed E-state index contributed by atoms with van der Waals surface area (Å²) in [7, 11) is 0. The van der Waals surface area contributed by atoms with Crippen LogP contribution in [0.3, 0.4) is 0 Å². The number of para-hydroxylation sites is 1. The van der Waals surface area contributed by atoms with Crippen LogP contribution in [0.25, 0.3) is 5.69 Å². The van der Waals surface area contributed by atoms with Gasteiger partial charge in [-0.05, 0) is 53.2 Å². The first-order valence-electron chi connectivity index (χ1n) is 7.63. The third-order valence-corrected chi connectivity index (χ3v) is 3.41. The fourth-order valence-electron chi connectivity index (χ4n) is 2.12. The van der Waals surface area contributed by atoms with Gasteiger partial charge in [0, 0.05) is 0 Å². The van der Waals surface area contributed by atoms with Gasteiger partial charge in [-0.1, -0.05) is 19.1 Å². The highest BCUT2D eigenvalue weighted by Gasteiger charge is 2.22. The van der Waals surface area contributed by atoms with E-state index in [1.807, 2.05) is 0 Å². The minimum Gasteiger partial charge on any atom is -0.476 e. The van der Waals surface area contributed by atoms with Crippen molar-refractivity contribution in [3.8, 4) is 17.2 Å². The normalized spacial score (nSPS) is 11.8. The molecule has 0 saturated heterocycles. The van der Waals surface area contributed by atoms with Crippen LogP contribution < -0.4 is 9.47 Å². The Labute approximate surface area is 143 Å². The van der Waals surface area contributed by atoms with Crippen molar-refractivity contribution in [2.75, 3.05) is 0 Å². The molecule has 1 aromatic heterocycles. The van der Waals surface area contributed by atoms with E-state index in [0.29, 0.717) is 12.2 Å². The Morgan fingerprint density at radius 1 is 1.20 bits per heavy atom. The fourth-order valence-corrected chi connectivity index (χ4v) is 2.12. The van der Waals surface area contributed by atoms with Crippen molar-refractivity contribution in [2.24, 2.45) is 0 Å². The van der Waals surface area contributed by atoms with Crippen LogP contribution in [0, 0.1) is 5.82 Å². The first-order chi connectivity index (χ1) is 12.2. The monoisotopic (exact) mass is 342 g/mol. The van der Waals surface area contributed by atoms with Crippen molar-refractivity contribution in [2.45, 2.75) is 19.4 Å². The fraction of sp³-hybridized carbons (Fsp3) is 0.176. The average Bonchev–Trinajstić information content (AvgIpc) is 3.16. The molecule has 2 aromatic carbocycles. The molecule has 3 rings (SSSR count). The molecular formula is C17H15FN4O3. The number of carbonyl (C=O) groups excluding carboxylic acids is 1. The van der Waals surface area contributed by atoms with Crippen LogP contribution >= 0.6 is 0 Å². The number of rotatable bonds is 6. The van der Waals surface area contributed by atoms with E-state index in [4.69, 9.17) is 9.47 Å². The zero-order valence-corrected chi connectivity index (χ0v) is 13.4. The molecule has 0 bridgehead atoms. The van der Waals surface area contributed by atoms with E-state index in [-0.39, 0.29) is 5.75 Å². The third-order valence-electron chi connectivity index (χ3n) is 3.41. The van der Waals surface area contributed by atoms with Crippen molar-refractivity contribution in [1.29, 1.82) is 0 Å². The van der Waals surface area contributed by atoms with E-state index in [1.165, 1.54) is 23.1 Å². The van der Waals surface area contributed by atoms with E-state index < -0.39 is 17.9 Å². The number of aromatic nitrogens is 4. The van der Waals surface area contributed by atoms with Crippen LogP contribution in [-0.2, 0) is 4.79 Å². The summed E-state index contributed by atoms with van der Waals surface area (Å²) in [6.07, 6.45) is 0.891. The molecule has 128 valence electrons.